The fraction of sp³-hybridized carbons (Fsp3) is 0.650. The molecule has 1 atom stereocenters. The van der Waals surface area contributed by atoms with Crippen LogP contribution in [0.5, 0.6) is 0 Å². The molecular weight excluding hydrogens is 314 g/mol. The average Bonchev–Trinajstić information content (AvgIpc) is 2.58. The number of carbonyl (C=O) groups is 1. The number of nitrogens with one attached hydrogen (secondary N) is 1. The second-order valence-electron chi connectivity index (χ2n) is 7.58. The highest BCUT2D eigenvalue weighted by Crippen LogP contribution is 2.13. The molecule has 25 heavy (non-hydrogen) atoms. The van der Waals surface area contributed by atoms with Gasteiger partial charge in [-0.05, 0) is 44.1 Å². The molecule has 1 N–H and O–H groups in total. The topological polar surface area (TPSA) is 44.8 Å². The van der Waals surface area contributed by atoms with E-state index in [9.17, 15) is 4.79 Å². The van der Waals surface area contributed by atoms with E-state index in [0.717, 1.165) is 50.4 Å². The van der Waals surface area contributed by atoms with E-state index in [0.29, 0.717) is 18.5 Å². The van der Waals surface area contributed by atoms with Crippen LogP contribution in [0.15, 0.2) is 24.3 Å². The summed E-state index contributed by atoms with van der Waals surface area (Å²) in [6, 6.07) is 8.27. The van der Waals surface area contributed by atoms with Crippen molar-refractivity contribution in [3.05, 3.63) is 35.4 Å². The van der Waals surface area contributed by atoms with Crippen molar-refractivity contribution >= 4 is 5.91 Å². The van der Waals surface area contributed by atoms with Crippen LogP contribution < -0.4 is 5.32 Å². The molecule has 0 bridgehead atoms. The largest absolute Gasteiger partial charge is 0.379 e. The van der Waals surface area contributed by atoms with E-state index in [4.69, 9.17) is 4.74 Å². The zero-order chi connectivity index (χ0) is 18.2. The third-order valence-electron chi connectivity index (χ3n) is 4.49. The first-order chi connectivity index (χ1) is 12.0. The fourth-order valence-electron chi connectivity index (χ4n) is 3.34. The number of amides is 1. The molecule has 1 aliphatic heterocycles. The van der Waals surface area contributed by atoms with Crippen LogP contribution in [-0.4, -0.2) is 68.7 Å². The van der Waals surface area contributed by atoms with Gasteiger partial charge in [-0.3, -0.25) is 9.69 Å². The van der Waals surface area contributed by atoms with Gasteiger partial charge >= 0.3 is 0 Å². The number of hydrogen-bond donors (Lipinski definition) is 1. The van der Waals surface area contributed by atoms with Crippen LogP contribution in [0.25, 0.3) is 0 Å². The summed E-state index contributed by atoms with van der Waals surface area (Å²) < 4.78 is 5.46. The van der Waals surface area contributed by atoms with E-state index >= 15 is 0 Å². The molecule has 0 aromatic heterocycles. The Kier molecular flexibility index (Phi) is 7.88. The Bertz CT molecular complexity index is 539. The van der Waals surface area contributed by atoms with Crippen LogP contribution in [0.3, 0.4) is 0 Å². The first-order valence-electron chi connectivity index (χ1n) is 9.29. The third-order valence-corrected chi connectivity index (χ3v) is 4.49. The summed E-state index contributed by atoms with van der Waals surface area (Å²) in [4.78, 5) is 17.1. The van der Waals surface area contributed by atoms with Crippen molar-refractivity contribution in [3.8, 4) is 0 Å². The Morgan fingerprint density at radius 2 is 2.00 bits per heavy atom. The Hall–Kier alpha value is -1.43. The van der Waals surface area contributed by atoms with E-state index in [1.54, 1.807) is 0 Å². The highest BCUT2D eigenvalue weighted by molar-refractivity contribution is 5.94. The first-order valence-corrected chi connectivity index (χ1v) is 9.29. The molecule has 0 spiro atoms. The molecule has 1 aliphatic rings. The minimum Gasteiger partial charge on any atom is -0.379 e. The lowest BCUT2D eigenvalue weighted by molar-refractivity contribution is 0.0124. The molecule has 0 radical (unpaired) electrons. The van der Waals surface area contributed by atoms with Gasteiger partial charge in [-0.25, -0.2) is 0 Å². The van der Waals surface area contributed by atoms with Crippen molar-refractivity contribution in [2.45, 2.75) is 32.9 Å². The zero-order valence-corrected chi connectivity index (χ0v) is 16.1. The minimum absolute atomic E-state index is 0.0163. The molecule has 0 saturated carbocycles. The van der Waals surface area contributed by atoms with Gasteiger partial charge in [-0.15, -0.1) is 0 Å². The van der Waals surface area contributed by atoms with Gasteiger partial charge in [0, 0.05) is 37.8 Å². The number of ether oxygens (including phenoxy) is 1. The van der Waals surface area contributed by atoms with Crippen LogP contribution in [0.4, 0.5) is 0 Å². The van der Waals surface area contributed by atoms with Gasteiger partial charge in [0.2, 0.25) is 0 Å². The SMILES string of the molecule is CC(C)CC(CNC(=O)c1cccc(CN(C)C)c1)N1CCOCC1. The molecule has 1 aromatic carbocycles. The van der Waals surface area contributed by atoms with Crippen LogP contribution in [0.1, 0.15) is 36.2 Å². The molecule has 1 heterocycles. The molecule has 1 fully saturated rings. The van der Waals surface area contributed by atoms with Crippen LogP contribution in [-0.2, 0) is 11.3 Å². The summed E-state index contributed by atoms with van der Waals surface area (Å²) in [6.07, 6.45) is 1.08. The van der Waals surface area contributed by atoms with Crippen LogP contribution in [0, 0.1) is 5.92 Å². The second kappa shape index (κ2) is 9.90. The maximum atomic E-state index is 12.6. The first kappa shape index (κ1) is 19.9. The van der Waals surface area contributed by atoms with Gasteiger partial charge in [0.15, 0.2) is 0 Å². The van der Waals surface area contributed by atoms with Gasteiger partial charge < -0.3 is 15.0 Å². The molecule has 2 rings (SSSR count). The normalized spacial score (nSPS) is 17.0. The average molecular weight is 348 g/mol. The van der Waals surface area contributed by atoms with Crippen molar-refractivity contribution in [2.75, 3.05) is 46.9 Å². The predicted molar refractivity (Wildman–Crippen MR) is 102 cm³/mol. The summed E-state index contributed by atoms with van der Waals surface area (Å²) in [7, 11) is 4.07. The Labute approximate surface area is 152 Å². The van der Waals surface area contributed by atoms with Gasteiger partial charge in [0.1, 0.15) is 0 Å². The lowest BCUT2D eigenvalue weighted by Gasteiger charge is -2.35. The second-order valence-corrected chi connectivity index (χ2v) is 7.58. The Morgan fingerprint density at radius 3 is 2.64 bits per heavy atom. The number of carbonyl (C=O) groups excluding carboxylic acids is 1. The van der Waals surface area contributed by atoms with Crippen molar-refractivity contribution < 1.29 is 9.53 Å². The number of morpholine rings is 1. The fourth-order valence-corrected chi connectivity index (χ4v) is 3.34. The van der Waals surface area contributed by atoms with E-state index in [1.165, 1.54) is 0 Å². The third kappa shape index (κ3) is 6.77. The Balaban J connectivity index is 1.95. The van der Waals surface area contributed by atoms with Gasteiger partial charge in [0.25, 0.3) is 5.91 Å². The van der Waals surface area contributed by atoms with E-state index in [1.807, 2.05) is 32.3 Å². The van der Waals surface area contributed by atoms with Crippen molar-refractivity contribution in [1.29, 1.82) is 0 Å². The van der Waals surface area contributed by atoms with Crippen molar-refractivity contribution in [3.63, 3.8) is 0 Å². The predicted octanol–water partition coefficient (Wildman–Crippen LogP) is 2.22. The Morgan fingerprint density at radius 1 is 1.28 bits per heavy atom. The molecule has 1 aromatic rings. The zero-order valence-electron chi connectivity index (χ0n) is 16.1. The van der Waals surface area contributed by atoms with E-state index in [2.05, 4.69) is 35.0 Å². The number of benzene rings is 1. The van der Waals surface area contributed by atoms with Gasteiger partial charge in [-0.1, -0.05) is 26.0 Å². The highest BCUT2D eigenvalue weighted by Gasteiger charge is 2.22. The molecule has 140 valence electrons. The van der Waals surface area contributed by atoms with Crippen LogP contribution >= 0.6 is 0 Å². The highest BCUT2D eigenvalue weighted by atomic mass is 16.5. The summed E-state index contributed by atoms with van der Waals surface area (Å²) >= 11 is 0. The molecule has 1 amide bonds. The smallest absolute Gasteiger partial charge is 0.251 e. The maximum absolute atomic E-state index is 12.6. The van der Waals surface area contributed by atoms with Gasteiger partial charge in [0.05, 0.1) is 13.2 Å². The minimum atomic E-state index is 0.0163. The lowest BCUT2D eigenvalue weighted by Crippen LogP contribution is -2.49. The number of hydrogen-bond acceptors (Lipinski definition) is 4. The summed E-state index contributed by atoms with van der Waals surface area (Å²) in [5, 5.41) is 3.15. The van der Waals surface area contributed by atoms with Crippen molar-refractivity contribution in [2.24, 2.45) is 5.92 Å². The molecule has 1 saturated heterocycles. The van der Waals surface area contributed by atoms with Crippen molar-refractivity contribution in [1.82, 2.24) is 15.1 Å². The van der Waals surface area contributed by atoms with Crippen LogP contribution in [0.2, 0.25) is 0 Å². The summed E-state index contributed by atoms with van der Waals surface area (Å²) in [5.41, 5.74) is 1.90. The molecular formula is C20H33N3O2. The van der Waals surface area contributed by atoms with E-state index < -0.39 is 0 Å². The summed E-state index contributed by atoms with van der Waals surface area (Å²) in [6.45, 7) is 9.47. The standard InChI is InChI=1S/C20H33N3O2/c1-16(2)12-19(23-8-10-25-11-9-23)14-21-20(24)18-7-5-6-17(13-18)15-22(3)4/h5-7,13,16,19H,8-12,14-15H2,1-4H3,(H,21,24). The number of nitrogens with zero attached hydrogens (tertiary/aromatic N) is 2. The quantitative estimate of drug-likeness (QED) is 0.783. The number of rotatable bonds is 8. The molecule has 5 heteroatoms. The monoisotopic (exact) mass is 347 g/mol. The van der Waals surface area contributed by atoms with E-state index in [-0.39, 0.29) is 5.91 Å². The molecule has 0 aliphatic carbocycles. The van der Waals surface area contributed by atoms with Gasteiger partial charge in [-0.2, -0.15) is 0 Å². The lowest BCUT2D eigenvalue weighted by atomic mass is 10.0. The molecule has 5 nitrogen and oxygen atoms in total. The maximum Gasteiger partial charge on any atom is 0.251 e. The molecule has 1 unspecified atom stereocenters. The summed E-state index contributed by atoms with van der Waals surface area (Å²) in [5.74, 6) is 0.621.